The molecule has 0 aromatic heterocycles. The van der Waals surface area contributed by atoms with Crippen LogP contribution in [0.1, 0.15) is 25.3 Å². The van der Waals surface area contributed by atoms with E-state index in [0.717, 1.165) is 5.56 Å². The maximum absolute atomic E-state index is 12.5. The van der Waals surface area contributed by atoms with Gasteiger partial charge in [-0.3, -0.25) is 0 Å². The Balaban J connectivity index is 1.98. The lowest BCUT2D eigenvalue weighted by Crippen LogP contribution is -2.46. The normalized spacial score (nSPS) is 23.5. The second-order valence-electron chi connectivity index (χ2n) is 5.41. The minimum atomic E-state index is -3.28. The van der Waals surface area contributed by atoms with Crippen molar-refractivity contribution in [2.75, 3.05) is 12.3 Å². The molecule has 6 heteroatoms. The number of sulfonamides is 1. The quantitative estimate of drug-likeness (QED) is 0.615. The summed E-state index contributed by atoms with van der Waals surface area (Å²) in [5.74, 6) is 0.114. The first kappa shape index (κ1) is 15.9. The minimum absolute atomic E-state index is 0.0990. The molecular formula is C15H20N2O3S. The first-order chi connectivity index (χ1) is 10.0. The molecular weight excluding hydrogens is 288 g/mol. The number of piperidine rings is 1. The predicted octanol–water partition coefficient (Wildman–Crippen LogP) is 1.75. The number of hydrogen-bond acceptors (Lipinski definition) is 4. The predicted molar refractivity (Wildman–Crippen MR) is 81.2 cm³/mol. The van der Waals surface area contributed by atoms with Crippen molar-refractivity contribution in [1.82, 2.24) is 4.31 Å². The lowest BCUT2D eigenvalue weighted by molar-refractivity contribution is 0.248. The highest BCUT2D eigenvalue weighted by molar-refractivity contribution is 7.89. The van der Waals surface area contributed by atoms with Crippen LogP contribution in [0.25, 0.3) is 0 Å². The summed E-state index contributed by atoms with van der Waals surface area (Å²) in [7, 11) is -3.28. The lowest BCUT2D eigenvalue weighted by Gasteiger charge is -2.34. The van der Waals surface area contributed by atoms with Gasteiger partial charge in [-0.25, -0.2) is 18.2 Å². The van der Waals surface area contributed by atoms with E-state index in [1.165, 1.54) is 0 Å². The molecule has 1 aromatic rings. The van der Waals surface area contributed by atoms with Gasteiger partial charge in [-0.15, -0.1) is 0 Å². The number of nitrogens with zero attached hydrogens (tertiary/aromatic N) is 2. The number of carbonyl (C=O) groups excluding carboxylic acids is 1. The van der Waals surface area contributed by atoms with Crippen molar-refractivity contribution in [2.24, 2.45) is 4.99 Å². The Morgan fingerprint density at radius 3 is 2.67 bits per heavy atom. The van der Waals surface area contributed by atoms with Crippen LogP contribution in [0.3, 0.4) is 0 Å². The number of aliphatic imine (C=N–C) groups is 1. The van der Waals surface area contributed by atoms with Crippen LogP contribution in [0, 0.1) is 0 Å². The highest BCUT2D eigenvalue weighted by Gasteiger charge is 2.33. The summed E-state index contributed by atoms with van der Waals surface area (Å²) < 4.78 is 26.5. The Bertz CT molecular complexity index is 609. The van der Waals surface area contributed by atoms with Crippen LogP contribution in [0.5, 0.6) is 0 Å². The fourth-order valence-corrected chi connectivity index (χ4v) is 4.49. The second kappa shape index (κ2) is 6.98. The van der Waals surface area contributed by atoms with E-state index in [2.05, 4.69) is 4.99 Å². The van der Waals surface area contributed by atoms with Gasteiger partial charge in [-0.1, -0.05) is 30.3 Å². The molecule has 114 valence electrons. The van der Waals surface area contributed by atoms with Gasteiger partial charge < -0.3 is 0 Å². The van der Waals surface area contributed by atoms with Gasteiger partial charge in [0.1, 0.15) is 0 Å². The zero-order valence-electron chi connectivity index (χ0n) is 12.1. The van der Waals surface area contributed by atoms with E-state index in [4.69, 9.17) is 0 Å². The maximum Gasteiger partial charge on any atom is 0.235 e. The summed E-state index contributed by atoms with van der Waals surface area (Å²) in [5, 5.41) is 0. The number of isocyanates is 1. The van der Waals surface area contributed by atoms with Crippen molar-refractivity contribution in [2.45, 2.75) is 38.3 Å². The van der Waals surface area contributed by atoms with Gasteiger partial charge in [-0.2, -0.15) is 4.31 Å². The monoisotopic (exact) mass is 308 g/mol. The van der Waals surface area contributed by atoms with E-state index in [-0.39, 0.29) is 17.8 Å². The van der Waals surface area contributed by atoms with Gasteiger partial charge in [0.15, 0.2) is 0 Å². The van der Waals surface area contributed by atoms with Crippen molar-refractivity contribution in [3.63, 3.8) is 0 Å². The van der Waals surface area contributed by atoms with Crippen LogP contribution in [-0.4, -0.2) is 43.2 Å². The van der Waals surface area contributed by atoms with Gasteiger partial charge in [-0.05, 0) is 31.7 Å². The van der Waals surface area contributed by atoms with E-state index in [1.807, 2.05) is 37.3 Å². The number of benzene rings is 1. The van der Waals surface area contributed by atoms with Crippen LogP contribution in [0.2, 0.25) is 0 Å². The summed E-state index contributed by atoms with van der Waals surface area (Å²) in [4.78, 5) is 14.0. The molecule has 0 aliphatic carbocycles. The Kier molecular flexibility index (Phi) is 5.28. The molecule has 0 radical (unpaired) electrons. The van der Waals surface area contributed by atoms with E-state index in [1.54, 1.807) is 10.4 Å². The molecule has 1 saturated heterocycles. The average molecular weight is 308 g/mol. The molecule has 1 heterocycles. The Hall–Kier alpha value is -1.49. The molecule has 2 rings (SSSR count). The Labute approximate surface area is 125 Å². The van der Waals surface area contributed by atoms with Crippen LogP contribution < -0.4 is 0 Å². The molecule has 0 N–H and O–H groups in total. The van der Waals surface area contributed by atoms with Crippen LogP contribution in [-0.2, 0) is 21.2 Å². The number of hydrogen-bond donors (Lipinski definition) is 0. The minimum Gasteiger partial charge on any atom is -0.212 e. The fourth-order valence-electron chi connectivity index (χ4n) is 2.74. The van der Waals surface area contributed by atoms with Gasteiger partial charge in [0.25, 0.3) is 0 Å². The second-order valence-corrected chi connectivity index (χ2v) is 7.45. The van der Waals surface area contributed by atoms with Crippen molar-refractivity contribution in [1.29, 1.82) is 0 Å². The molecule has 21 heavy (non-hydrogen) atoms. The third-order valence-corrected chi connectivity index (χ3v) is 5.85. The third-order valence-electron chi connectivity index (χ3n) is 3.87. The molecule has 1 fully saturated rings. The summed E-state index contributed by atoms with van der Waals surface area (Å²) in [6, 6.07) is 9.38. The summed E-state index contributed by atoms with van der Waals surface area (Å²) in [6.45, 7) is 2.29. The summed E-state index contributed by atoms with van der Waals surface area (Å²) in [5.41, 5.74) is 1.02. The van der Waals surface area contributed by atoms with E-state index >= 15 is 0 Å². The largest absolute Gasteiger partial charge is 0.235 e. The zero-order chi connectivity index (χ0) is 15.3. The van der Waals surface area contributed by atoms with E-state index in [9.17, 15) is 13.2 Å². The van der Waals surface area contributed by atoms with Crippen molar-refractivity contribution in [3.05, 3.63) is 35.9 Å². The first-order valence-corrected chi connectivity index (χ1v) is 8.74. The SMILES string of the molecule is CC1CC(N=C=O)CCN1S(=O)(=O)CCc1ccccc1. The van der Waals surface area contributed by atoms with Gasteiger partial charge in [0.2, 0.25) is 16.1 Å². The zero-order valence-corrected chi connectivity index (χ0v) is 12.9. The highest BCUT2D eigenvalue weighted by Crippen LogP contribution is 2.23. The Morgan fingerprint density at radius 2 is 2.05 bits per heavy atom. The molecule has 1 aliphatic heterocycles. The average Bonchev–Trinajstić information content (AvgIpc) is 2.46. The topological polar surface area (TPSA) is 66.8 Å². The maximum atomic E-state index is 12.5. The van der Waals surface area contributed by atoms with Crippen LogP contribution >= 0.6 is 0 Å². The highest BCUT2D eigenvalue weighted by atomic mass is 32.2. The van der Waals surface area contributed by atoms with Crippen LogP contribution in [0.15, 0.2) is 35.3 Å². The van der Waals surface area contributed by atoms with Gasteiger partial charge in [0, 0.05) is 12.6 Å². The molecule has 1 aliphatic rings. The lowest BCUT2D eigenvalue weighted by atomic mass is 10.0. The standard InChI is InChI=1S/C15H20N2O3S/c1-13-11-15(16-12-18)7-9-17(13)21(19,20)10-8-14-5-3-2-4-6-14/h2-6,13,15H,7-11H2,1H3. The molecule has 2 unspecified atom stereocenters. The summed E-state index contributed by atoms with van der Waals surface area (Å²) >= 11 is 0. The smallest absolute Gasteiger partial charge is 0.212 e. The van der Waals surface area contributed by atoms with Crippen LogP contribution in [0.4, 0.5) is 0 Å². The van der Waals surface area contributed by atoms with Crippen molar-refractivity contribution < 1.29 is 13.2 Å². The van der Waals surface area contributed by atoms with Crippen molar-refractivity contribution >= 4 is 16.1 Å². The third kappa shape index (κ3) is 4.24. The van der Waals surface area contributed by atoms with Gasteiger partial charge >= 0.3 is 0 Å². The summed E-state index contributed by atoms with van der Waals surface area (Å²) in [6.07, 6.45) is 3.25. The van der Waals surface area contributed by atoms with E-state index < -0.39 is 10.0 Å². The molecule has 0 spiro atoms. The molecule has 0 saturated carbocycles. The molecule has 0 amide bonds. The first-order valence-electron chi connectivity index (χ1n) is 7.13. The van der Waals surface area contributed by atoms with E-state index in [0.29, 0.717) is 25.8 Å². The number of aryl methyl sites for hydroxylation is 1. The molecule has 5 nitrogen and oxygen atoms in total. The fraction of sp³-hybridized carbons (Fsp3) is 0.533. The molecule has 0 bridgehead atoms. The van der Waals surface area contributed by atoms with Gasteiger partial charge in [0.05, 0.1) is 11.8 Å². The number of rotatable bonds is 5. The van der Waals surface area contributed by atoms with Crippen molar-refractivity contribution in [3.8, 4) is 0 Å². The Morgan fingerprint density at radius 1 is 1.33 bits per heavy atom. The molecule has 1 aromatic carbocycles. The molecule has 2 atom stereocenters.